The number of thioether (sulfide) groups is 1. The molecule has 1 aromatic rings. The van der Waals surface area contributed by atoms with Gasteiger partial charge in [0.1, 0.15) is 5.75 Å². The van der Waals surface area contributed by atoms with Gasteiger partial charge in [-0.15, -0.1) is 11.8 Å². The third-order valence-electron chi connectivity index (χ3n) is 3.53. The Hall–Kier alpha value is -0.670. The minimum absolute atomic E-state index is 0.794. The van der Waals surface area contributed by atoms with Crippen molar-refractivity contribution in [2.45, 2.75) is 56.8 Å². The summed E-state index contributed by atoms with van der Waals surface area (Å²) in [5.41, 5.74) is 0. The predicted molar refractivity (Wildman–Crippen MR) is 94.6 cm³/mol. The SMILES string of the molecule is CCCCCCCCNCCCOc1ccc(SC)cc1. The summed E-state index contributed by atoms with van der Waals surface area (Å²) in [4.78, 5) is 1.28. The van der Waals surface area contributed by atoms with Crippen molar-refractivity contribution in [2.24, 2.45) is 0 Å². The fraction of sp³-hybridized carbons (Fsp3) is 0.667. The number of hydrogen-bond donors (Lipinski definition) is 1. The van der Waals surface area contributed by atoms with Crippen LogP contribution in [0.5, 0.6) is 5.75 Å². The molecule has 0 aliphatic rings. The highest BCUT2D eigenvalue weighted by Crippen LogP contribution is 2.18. The Labute approximate surface area is 135 Å². The fourth-order valence-electron chi connectivity index (χ4n) is 2.21. The number of ether oxygens (including phenoxy) is 1. The molecule has 0 radical (unpaired) electrons. The van der Waals surface area contributed by atoms with E-state index in [2.05, 4.69) is 42.8 Å². The molecule has 0 spiro atoms. The Balaban J connectivity index is 1.88. The van der Waals surface area contributed by atoms with Crippen molar-refractivity contribution in [3.05, 3.63) is 24.3 Å². The minimum atomic E-state index is 0.794. The van der Waals surface area contributed by atoms with Gasteiger partial charge in [-0.05, 0) is 56.5 Å². The molecule has 0 unspecified atom stereocenters. The normalized spacial score (nSPS) is 10.8. The summed E-state index contributed by atoms with van der Waals surface area (Å²) in [6, 6.07) is 8.32. The zero-order chi connectivity index (χ0) is 15.2. The molecule has 1 aromatic carbocycles. The maximum Gasteiger partial charge on any atom is 0.119 e. The van der Waals surface area contributed by atoms with E-state index in [4.69, 9.17) is 4.74 Å². The summed E-state index contributed by atoms with van der Waals surface area (Å²) >= 11 is 1.76. The van der Waals surface area contributed by atoms with E-state index in [1.54, 1.807) is 11.8 Å². The van der Waals surface area contributed by atoms with Gasteiger partial charge < -0.3 is 10.1 Å². The molecule has 0 bridgehead atoms. The van der Waals surface area contributed by atoms with Crippen LogP contribution < -0.4 is 10.1 Å². The van der Waals surface area contributed by atoms with Gasteiger partial charge in [-0.25, -0.2) is 0 Å². The van der Waals surface area contributed by atoms with Gasteiger partial charge in [0.2, 0.25) is 0 Å². The molecule has 0 atom stereocenters. The molecule has 0 amide bonds. The van der Waals surface area contributed by atoms with Crippen LogP contribution in [-0.2, 0) is 0 Å². The molecule has 0 heterocycles. The zero-order valence-corrected chi connectivity index (χ0v) is 14.5. The molecule has 1 N–H and O–H groups in total. The zero-order valence-electron chi connectivity index (χ0n) is 13.7. The summed E-state index contributed by atoms with van der Waals surface area (Å²) in [6.07, 6.45) is 11.3. The summed E-state index contributed by atoms with van der Waals surface area (Å²) in [7, 11) is 0. The Kier molecular flexibility index (Phi) is 11.4. The largest absolute Gasteiger partial charge is 0.494 e. The molecule has 0 saturated carbocycles. The van der Waals surface area contributed by atoms with Crippen LogP contribution in [0.4, 0.5) is 0 Å². The van der Waals surface area contributed by atoms with Gasteiger partial charge in [-0.2, -0.15) is 0 Å². The Morgan fingerprint density at radius 1 is 0.905 bits per heavy atom. The predicted octanol–water partition coefficient (Wildman–Crippen LogP) is 5.13. The van der Waals surface area contributed by atoms with Gasteiger partial charge in [-0.3, -0.25) is 0 Å². The molecule has 120 valence electrons. The maximum absolute atomic E-state index is 5.73. The van der Waals surface area contributed by atoms with E-state index in [1.807, 2.05) is 0 Å². The number of hydrogen-bond acceptors (Lipinski definition) is 3. The van der Waals surface area contributed by atoms with E-state index in [0.29, 0.717) is 0 Å². The van der Waals surface area contributed by atoms with E-state index in [-0.39, 0.29) is 0 Å². The first-order valence-electron chi connectivity index (χ1n) is 8.34. The molecular formula is C18H31NOS. The topological polar surface area (TPSA) is 21.3 Å². The monoisotopic (exact) mass is 309 g/mol. The Morgan fingerprint density at radius 3 is 2.29 bits per heavy atom. The van der Waals surface area contributed by atoms with Crippen molar-refractivity contribution in [2.75, 3.05) is 26.0 Å². The second-order valence-corrected chi connectivity index (χ2v) is 6.27. The summed E-state index contributed by atoms with van der Waals surface area (Å²) in [5, 5.41) is 3.50. The van der Waals surface area contributed by atoms with Gasteiger partial charge in [0.25, 0.3) is 0 Å². The van der Waals surface area contributed by atoms with Crippen LogP contribution in [0.2, 0.25) is 0 Å². The van der Waals surface area contributed by atoms with Crippen molar-refractivity contribution >= 4 is 11.8 Å². The number of nitrogens with one attached hydrogen (secondary N) is 1. The van der Waals surface area contributed by atoms with E-state index in [9.17, 15) is 0 Å². The highest BCUT2D eigenvalue weighted by molar-refractivity contribution is 7.98. The number of benzene rings is 1. The van der Waals surface area contributed by atoms with Gasteiger partial charge >= 0.3 is 0 Å². The molecule has 0 saturated heterocycles. The van der Waals surface area contributed by atoms with Gasteiger partial charge in [0.15, 0.2) is 0 Å². The van der Waals surface area contributed by atoms with Crippen LogP contribution in [0.25, 0.3) is 0 Å². The second kappa shape index (κ2) is 13.0. The summed E-state index contributed by atoms with van der Waals surface area (Å²) in [6.45, 7) is 5.26. The minimum Gasteiger partial charge on any atom is -0.494 e. The lowest BCUT2D eigenvalue weighted by Crippen LogP contribution is -2.18. The third kappa shape index (κ3) is 9.81. The highest BCUT2D eigenvalue weighted by Gasteiger charge is 1.95. The molecule has 0 aliphatic heterocycles. The molecule has 2 nitrogen and oxygen atoms in total. The van der Waals surface area contributed by atoms with Gasteiger partial charge in [-0.1, -0.05) is 39.0 Å². The molecule has 0 fully saturated rings. The van der Waals surface area contributed by atoms with Crippen LogP contribution >= 0.6 is 11.8 Å². The highest BCUT2D eigenvalue weighted by atomic mass is 32.2. The smallest absolute Gasteiger partial charge is 0.119 e. The van der Waals surface area contributed by atoms with Crippen molar-refractivity contribution in [1.29, 1.82) is 0 Å². The Bertz CT molecular complexity index is 340. The first-order chi connectivity index (χ1) is 10.4. The van der Waals surface area contributed by atoms with Crippen molar-refractivity contribution in [3.8, 4) is 5.75 Å². The average molecular weight is 310 g/mol. The summed E-state index contributed by atoms with van der Waals surface area (Å²) < 4.78 is 5.73. The number of unbranched alkanes of at least 4 members (excludes halogenated alkanes) is 5. The van der Waals surface area contributed by atoms with Crippen molar-refractivity contribution < 1.29 is 4.74 Å². The third-order valence-corrected chi connectivity index (χ3v) is 4.28. The first-order valence-corrected chi connectivity index (χ1v) is 9.57. The quantitative estimate of drug-likeness (QED) is 0.403. The maximum atomic E-state index is 5.73. The average Bonchev–Trinajstić information content (AvgIpc) is 2.53. The van der Waals surface area contributed by atoms with Crippen LogP contribution in [0.15, 0.2) is 29.2 Å². The van der Waals surface area contributed by atoms with E-state index in [1.165, 1.54) is 43.4 Å². The molecule has 0 aromatic heterocycles. The van der Waals surface area contributed by atoms with Crippen molar-refractivity contribution in [1.82, 2.24) is 5.32 Å². The summed E-state index contributed by atoms with van der Waals surface area (Å²) in [5.74, 6) is 0.976. The lowest BCUT2D eigenvalue weighted by atomic mass is 10.1. The second-order valence-electron chi connectivity index (χ2n) is 5.40. The lowest BCUT2D eigenvalue weighted by molar-refractivity contribution is 0.308. The van der Waals surface area contributed by atoms with Crippen LogP contribution in [0, 0.1) is 0 Å². The van der Waals surface area contributed by atoms with E-state index < -0.39 is 0 Å². The van der Waals surface area contributed by atoms with Crippen LogP contribution in [0.3, 0.4) is 0 Å². The van der Waals surface area contributed by atoms with Gasteiger partial charge in [0, 0.05) is 4.90 Å². The standard InChI is InChI=1S/C18H31NOS/c1-3-4-5-6-7-8-14-19-15-9-16-20-17-10-12-18(21-2)13-11-17/h10-13,19H,3-9,14-16H2,1-2H3. The molecule has 3 heteroatoms. The van der Waals surface area contributed by atoms with E-state index in [0.717, 1.165) is 31.9 Å². The molecule has 21 heavy (non-hydrogen) atoms. The van der Waals surface area contributed by atoms with E-state index >= 15 is 0 Å². The number of rotatable bonds is 13. The molecule has 0 aliphatic carbocycles. The lowest BCUT2D eigenvalue weighted by Gasteiger charge is -2.08. The van der Waals surface area contributed by atoms with Crippen molar-refractivity contribution in [3.63, 3.8) is 0 Å². The Morgan fingerprint density at radius 2 is 1.57 bits per heavy atom. The molecule has 1 rings (SSSR count). The van der Waals surface area contributed by atoms with Gasteiger partial charge in [0.05, 0.1) is 6.61 Å². The fourth-order valence-corrected chi connectivity index (χ4v) is 2.62. The molecular weight excluding hydrogens is 278 g/mol. The van der Waals surface area contributed by atoms with Crippen LogP contribution in [0.1, 0.15) is 51.9 Å². The van der Waals surface area contributed by atoms with Crippen LogP contribution in [-0.4, -0.2) is 26.0 Å². The first kappa shape index (κ1) is 18.4.